The third-order valence-corrected chi connectivity index (χ3v) is 3.35. The number of carbonyl (C=O) groups is 1. The number of hydrogen-bond acceptors (Lipinski definition) is 4. The Balaban J connectivity index is 1.79. The molecule has 0 aliphatic heterocycles. The van der Waals surface area contributed by atoms with Crippen molar-refractivity contribution in [1.82, 2.24) is 20.0 Å². The second-order valence-corrected chi connectivity index (χ2v) is 6.52. The molecular formula is C16H24N4O2. The van der Waals surface area contributed by atoms with Crippen molar-refractivity contribution in [1.29, 1.82) is 0 Å². The highest BCUT2D eigenvalue weighted by atomic mass is 16.5. The fourth-order valence-electron chi connectivity index (χ4n) is 2.03. The molecule has 6 nitrogen and oxygen atoms in total. The number of aryl methyl sites for hydroxylation is 1. The van der Waals surface area contributed by atoms with Gasteiger partial charge in [0.2, 0.25) is 11.8 Å². The molecule has 0 aliphatic carbocycles. The molecule has 0 spiro atoms. The Morgan fingerprint density at radius 3 is 2.64 bits per heavy atom. The maximum atomic E-state index is 11.9. The van der Waals surface area contributed by atoms with Crippen LogP contribution < -0.4 is 5.32 Å². The first-order valence-corrected chi connectivity index (χ1v) is 7.60. The molecule has 0 bridgehead atoms. The molecule has 120 valence electrons. The second kappa shape index (κ2) is 6.77. The zero-order chi connectivity index (χ0) is 16.2. The van der Waals surface area contributed by atoms with E-state index >= 15 is 0 Å². The lowest BCUT2D eigenvalue weighted by molar-refractivity contribution is -0.122. The summed E-state index contributed by atoms with van der Waals surface area (Å²) in [4.78, 5) is 16.3. The van der Waals surface area contributed by atoms with E-state index in [9.17, 15) is 4.79 Å². The molecule has 0 aliphatic rings. The number of nitrogens with zero attached hydrogens (tertiary/aromatic N) is 3. The maximum Gasteiger partial charge on any atom is 0.248 e. The lowest BCUT2D eigenvalue weighted by atomic mass is 9.96. The molecule has 2 aromatic rings. The Hall–Kier alpha value is -2.11. The summed E-state index contributed by atoms with van der Waals surface area (Å²) in [6.45, 7) is 8.75. The van der Waals surface area contributed by atoms with Crippen LogP contribution in [0.2, 0.25) is 0 Å². The molecule has 0 saturated heterocycles. The van der Waals surface area contributed by atoms with Crippen molar-refractivity contribution in [3.05, 3.63) is 36.2 Å². The normalized spacial score (nSPS) is 13.1. The average molecular weight is 304 g/mol. The van der Waals surface area contributed by atoms with Crippen molar-refractivity contribution in [3.8, 4) is 0 Å². The van der Waals surface area contributed by atoms with Crippen LogP contribution in [0, 0.1) is 0 Å². The van der Waals surface area contributed by atoms with Crippen molar-refractivity contribution in [2.24, 2.45) is 0 Å². The molecule has 22 heavy (non-hydrogen) atoms. The predicted octanol–water partition coefficient (Wildman–Crippen LogP) is 2.83. The maximum absolute atomic E-state index is 11.9. The first-order valence-electron chi connectivity index (χ1n) is 7.60. The van der Waals surface area contributed by atoms with Crippen LogP contribution in [0.3, 0.4) is 0 Å². The van der Waals surface area contributed by atoms with Gasteiger partial charge < -0.3 is 14.4 Å². The number of rotatable bonds is 6. The Morgan fingerprint density at radius 2 is 2.05 bits per heavy atom. The van der Waals surface area contributed by atoms with Crippen LogP contribution >= 0.6 is 0 Å². The van der Waals surface area contributed by atoms with Crippen molar-refractivity contribution in [3.63, 3.8) is 0 Å². The molecule has 0 radical (unpaired) electrons. The van der Waals surface area contributed by atoms with E-state index in [0.717, 1.165) is 13.0 Å². The standard InChI is InChI=1S/C16H24N4O2/c1-12(14-18-15(19-22-14)16(2,3)4)17-13(21)8-7-11-20-9-5-6-10-20/h5-6,9-10,12H,7-8,11H2,1-4H3,(H,17,21). The van der Waals surface area contributed by atoms with Crippen LogP contribution in [0.4, 0.5) is 0 Å². The number of hydrogen-bond donors (Lipinski definition) is 1. The van der Waals surface area contributed by atoms with E-state index in [1.807, 2.05) is 52.2 Å². The minimum Gasteiger partial charge on any atom is -0.354 e. The predicted molar refractivity (Wildman–Crippen MR) is 83.2 cm³/mol. The van der Waals surface area contributed by atoms with Crippen molar-refractivity contribution >= 4 is 5.91 Å². The molecule has 1 unspecified atom stereocenters. The SMILES string of the molecule is CC(NC(=O)CCCn1cccc1)c1nc(C(C)(C)C)no1. The van der Waals surface area contributed by atoms with Crippen molar-refractivity contribution in [2.45, 2.75) is 58.5 Å². The Labute approximate surface area is 130 Å². The van der Waals surface area contributed by atoms with Gasteiger partial charge in [-0.15, -0.1) is 0 Å². The zero-order valence-corrected chi connectivity index (χ0v) is 13.7. The average Bonchev–Trinajstić information content (AvgIpc) is 3.09. The van der Waals surface area contributed by atoms with E-state index < -0.39 is 0 Å². The number of amides is 1. The van der Waals surface area contributed by atoms with Crippen LogP contribution in [-0.2, 0) is 16.8 Å². The second-order valence-electron chi connectivity index (χ2n) is 6.52. The fraction of sp³-hybridized carbons (Fsp3) is 0.562. The summed E-state index contributed by atoms with van der Waals surface area (Å²) in [5.41, 5.74) is -0.164. The quantitative estimate of drug-likeness (QED) is 0.890. The van der Waals surface area contributed by atoms with Gasteiger partial charge in [0.05, 0.1) is 0 Å². The van der Waals surface area contributed by atoms with Crippen LogP contribution in [0.15, 0.2) is 29.0 Å². The van der Waals surface area contributed by atoms with Gasteiger partial charge in [-0.1, -0.05) is 25.9 Å². The Morgan fingerprint density at radius 1 is 1.36 bits per heavy atom. The lowest BCUT2D eigenvalue weighted by Crippen LogP contribution is -2.27. The number of nitrogens with one attached hydrogen (secondary N) is 1. The van der Waals surface area contributed by atoms with Gasteiger partial charge in [-0.05, 0) is 25.5 Å². The largest absolute Gasteiger partial charge is 0.354 e. The lowest BCUT2D eigenvalue weighted by Gasteiger charge is -2.12. The molecule has 0 fully saturated rings. The minimum absolute atomic E-state index is 0.00448. The summed E-state index contributed by atoms with van der Waals surface area (Å²) in [5, 5.41) is 6.87. The van der Waals surface area contributed by atoms with Gasteiger partial charge >= 0.3 is 0 Å². The van der Waals surface area contributed by atoms with Crippen LogP contribution in [0.25, 0.3) is 0 Å². The third kappa shape index (κ3) is 4.44. The highest BCUT2D eigenvalue weighted by molar-refractivity contribution is 5.76. The number of carbonyl (C=O) groups excluding carboxylic acids is 1. The summed E-state index contributed by atoms with van der Waals surface area (Å²) < 4.78 is 7.30. The minimum atomic E-state index is -0.275. The van der Waals surface area contributed by atoms with Crippen LogP contribution in [-0.4, -0.2) is 20.6 Å². The van der Waals surface area contributed by atoms with Gasteiger partial charge in [0.15, 0.2) is 5.82 Å². The van der Waals surface area contributed by atoms with Gasteiger partial charge in [-0.2, -0.15) is 4.98 Å². The van der Waals surface area contributed by atoms with Gasteiger partial charge in [0, 0.05) is 30.8 Å². The topological polar surface area (TPSA) is 73.0 Å². The molecule has 6 heteroatoms. The highest BCUT2D eigenvalue weighted by Gasteiger charge is 2.23. The summed E-state index contributed by atoms with van der Waals surface area (Å²) >= 11 is 0. The monoisotopic (exact) mass is 304 g/mol. The van der Waals surface area contributed by atoms with Crippen LogP contribution in [0.5, 0.6) is 0 Å². The Kier molecular flexibility index (Phi) is 5.00. The number of aromatic nitrogens is 3. The van der Waals surface area contributed by atoms with Gasteiger partial charge in [-0.3, -0.25) is 4.79 Å². The Bertz CT molecular complexity index is 596. The van der Waals surface area contributed by atoms with Crippen LogP contribution in [0.1, 0.15) is 58.3 Å². The van der Waals surface area contributed by atoms with E-state index in [4.69, 9.17) is 4.52 Å². The fourth-order valence-corrected chi connectivity index (χ4v) is 2.03. The summed E-state index contributed by atoms with van der Waals surface area (Å²) in [6.07, 6.45) is 5.26. The third-order valence-electron chi connectivity index (χ3n) is 3.35. The molecule has 1 N–H and O–H groups in total. The first kappa shape index (κ1) is 16.3. The summed E-state index contributed by atoms with van der Waals surface area (Å²) in [7, 11) is 0. The molecule has 1 amide bonds. The van der Waals surface area contributed by atoms with Gasteiger partial charge in [-0.25, -0.2) is 0 Å². The first-order chi connectivity index (χ1) is 10.4. The molecule has 1 atom stereocenters. The van der Waals surface area contributed by atoms with E-state index in [-0.39, 0.29) is 17.4 Å². The highest BCUT2D eigenvalue weighted by Crippen LogP contribution is 2.20. The molecule has 2 rings (SSSR count). The summed E-state index contributed by atoms with van der Waals surface area (Å²) in [6, 6.07) is 3.68. The van der Waals surface area contributed by atoms with E-state index in [1.165, 1.54) is 0 Å². The summed E-state index contributed by atoms with van der Waals surface area (Å²) in [5.74, 6) is 1.09. The molecule has 2 heterocycles. The van der Waals surface area contributed by atoms with E-state index in [1.54, 1.807) is 0 Å². The van der Waals surface area contributed by atoms with Gasteiger partial charge in [0.25, 0.3) is 0 Å². The molecule has 2 aromatic heterocycles. The van der Waals surface area contributed by atoms with Gasteiger partial charge in [0.1, 0.15) is 6.04 Å². The van der Waals surface area contributed by atoms with E-state index in [2.05, 4.69) is 20.0 Å². The molecular weight excluding hydrogens is 280 g/mol. The molecule has 0 aromatic carbocycles. The van der Waals surface area contributed by atoms with Crippen molar-refractivity contribution in [2.75, 3.05) is 0 Å². The molecule has 0 saturated carbocycles. The smallest absolute Gasteiger partial charge is 0.248 e. The zero-order valence-electron chi connectivity index (χ0n) is 13.7. The van der Waals surface area contributed by atoms with E-state index in [0.29, 0.717) is 18.1 Å². The van der Waals surface area contributed by atoms with Crippen molar-refractivity contribution < 1.29 is 9.32 Å².